The standard InChI is InChI=1S/C10H18ClNO/c1-12-8-2-3-9(12)7-10(6-8)13-5-4-11/h8-10H,2-7H2,1H3. The molecule has 2 heterocycles. The molecule has 2 unspecified atom stereocenters. The van der Waals surface area contributed by atoms with Crippen LogP contribution in [0, 0.1) is 0 Å². The highest BCUT2D eigenvalue weighted by Gasteiger charge is 2.38. The fraction of sp³-hybridized carbons (Fsp3) is 1.00. The molecule has 0 amide bonds. The maximum Gasteiger partial charge on any atom is 0.0605 e. The molecule has 2 saturated heterocycles. The normalized spacial score (nSPS) is 39.7. The predicted molar refractivity (Wildman–Crippen MR) is 54.3 cm³/mol. The summed E-state index contributed by atoms with van der Waals surface area (Å²) in [5.74, 6) is 0.627. The highest BCUT2D eigenvalue weighted by molar-refractivity contribution is 6.17. The third-order valence-electron chi connectivity index (χ3n) is 3.49. The summed E-state index contributed by atoms with van der Waals surface area (Å²) in [7, 11) is 2.25. The van der Waals surface area contributed by atoms with Crippen LogP contribution >= 0.6 is 11.6 Å². The van der Waals surface area contributed by atoms with Gasteiger partial charge >= 0.3 is 0 Å². The zero-order valence-corrected chi connectivity index (χ0v) is 8.96. The second kappa shape index (κ2) is 4.16. The van der Waals surface area contributed by atoms with Crippen molar-refractivity contribution in [1.29, 1.82) is 0 Å². The van der Waals surface area contributed by atoms with Gasteiger partial charge in [0.05, 0.1) is 12.7 Å². The first-order chi connectivity index (χ1) is 6.31. The fourth-order valence-electron chi connectivity index (χ4n) is 2.71. The molecule has 13 heavy (non-hydrogen) atoms. The molecule has 2 bridgehead atoms. The minimum atomic E-state index is 0.479. The van der Waals surface area contributed by atoms with Gasteiger partial charge in [0.25, 0.3) is 0 Å². The van der Waals surface area contributed by atoms with Gasteiger partial charge in [-0.2, -0.15) is 0 Å². The van der Waals surface area contributed by atoms with Gasteiger partial charge in [-0.25, -0.2) is 0 Å². The lowest BCUT2D eigenvalue weighted by molar-refractivity contribution is -0.00566. The average molecular weight is 204 g/mol. The van der Waals surface area contributed by atoms with E-state index in [1.54, 1.807) is 0 Å². The van der Waals surface area contributed by atoms with E-state index in [0.29, 0.717) is 12.0 Å². The second-order valence-electron chi connectivity index (χ2n) is 4.20. The maximum absolute atomic E-state index is 5.70. The van der Waals surface area contributed by atoms with Crippen molar-refractivity contribution in [3.8, 4) is 0 Å². The molecule has 3 heteroatoms. The number of ether oxygens (including phenoxy) is 1. The first-order valence-electron chi connectivity index (χ1n) is 5.20. The molecule has 0 aromatic carbocycles. The number of hydrogen-bond acceptors (Lipinski definition) is 2. The summed E-state index contributed by atoms with van der Waals surface area (Å²) < 4.78 is 5.70. The largest absolute Gasteiger partial charge is 0.377 e. The van der Waals surface area contributed by atoms with Gasteiger partial charge in [-0.1, -0.05) is 0 Å². The minimum absolute atomic E-state index is 0.479. The second-order valence-corrected chi connectivity index (χ2v) is 4.58. The van der Waals surface area contributed by atoms with Gasteiger partial charge in [0.2, 0.25) is 0 Å². The van der Waals surface area contributed by atoms with Gasteiger partial charge < -0.3 is 9.64 Å². The smallest absolute Gasteiger partial charge is 0.0605 e. The highest BCUT2D eigenvalue weighted by atomic mass is 35.5. The van der Waals surface area contributed by atoms with Gasteiger partial charge in [0.1, 0.15) is 0 Å². The van der Waals surface area contributed by atoms with Crippen LogP contribution in [0.4, 0.5) is 0 Å². The third-order valence-corrected chi connectivity index (χ3v) is 3.64. The summed E-state index contributed by atoms with van der Waals surface area (Å²) in [5, 5.41) is 0. The Morgan fingerprint density at radius 1 is 1.31 bits per heavy atom. The van der Waals surface area contributed by atoms with E-state index in [-0.39, 0.29) is 0 Å². The number of hydrogen-bond donors (Lipinski definition) is 0. The molecule has 2 fully saturated rings. The summed E-state index contributed by atoms with van der Waals surface area (Å²) in [6.07, 6.45) is 5.63. The molecule has 0 spiro atoms. The lowest BCUT2D eigenvalue weighted by Crippen LogP contribution is -2.42. The van der Waals surface area contributed by atoms with E-state index in [2.05, 4.69) is 11.9 Å². The molecule has 0 radical (unpaired) electrons. The first-order valence-corrected chi connectivity index (χ1v) is 5.74. The molecule has 2 atom stereocenters. The zero-order chi connectivity index (χ0) is 9.26. The highest BCUT2D eigenvalue weighted by Crippen LogP contribution is 2.35. The van der Waals surface area contributed by atoms with Crippen molar-refractivity contribution in [1.82, 2.24) is 4.90 Å². The Kier molecular flexibility index (Phi) is 3.12. The Balaban J connectivity index is 1.84. The van der Waals surface area contributed by atoms with Crippen LogP contribution in [-0.2, 0) is 4.74 Å². The molecule has 2 rings (SSSR count). The van der Waals surface area contributed by atoms with E-state index in [4.69, 9.17) is 16.3 Å². The van der Waals surface area contributed by atoms with Crippen LogP contribution < -0.4 is 0 Å². The lowest BCUT2D eigenvalue weighted by Gasteiger charge is -2.36. The van der Waals surface area contributed by atoms with Crippen LogP contribution in [0.25, 0.3) is 0 Å². The van der Waals surface area contributed by atoms with Gasteiger partial charge in [-0.15, -0.1) is 11.6 Å². The van der Waals surface area contributed by atoms with E-state index in [9.17, 15) is 0 Å². The fourth-order valence-corrected chi connectivity index (χ4v) is 2.80. The van der Waals surface area contributed by atoms with E-state index >= 15 is 0 Å². The van der Waals surface area contributed by atoms with Crippen molar-refractivity contribution < 1.29 is 4.74 Å². The van der Waals surface area contributed by atoms with Crippen molar-refractivity contribution in [2.45, 2.75) is 43.9 Å². The number of fused-ring (bicyclic) bond motifs is 2. The van der Waals surface area contributed by atoms with Crippen LogP contribution in [-0.4, -0.2) is 42.6 Å². The van der Waals surface area contributed by atoms with Crippen LogP contribution in [0.3, 0.4) is 0 Å². The Labute approximate surface area is 85.2 Å². The summed E-state index contributed by atoms with van der Waals surface area (Å²) in [5.41, 5.74) is 0. The Morgan fingerprint density at radius 3 is 2.46 bits per heavy atom. The Bertz CT molecular complexity index is 162. The molecule has 0 aromatic rings. The number of alkyl halides is 1. The summed E-state index contributed by atoms with van der Waals surface area (Å²) in [6, 6.07) is 1.55. The summed E-state index contributed by atoms with van der Waals surface area (Å²) in [4.78, 5) is 2.53. The molecule has 2 aliphatic rings. The van der Waals surface area contributed by atoms with E-state index in [1.807, 2.05) is 0 Å². The van der Waals surface area contributed by atoms with Crippen LogP contribution in [0.2, 0.25) is 0 Å². The van der Waals surface area contributed by atoms with E-state index in [0.717, 1.165) is 18.7 Å². The third kappa shape index (κ3) is 2.00. The van der Waals surface area contributed by atoms with Gasteiger partial charge in [0, 0.05) is 18.0 Å². The van der Waals surface area contributed by atoms with Gasteiger partial charge in [-0.3, -0.25) is 0 Å². The van der Waals surface area contributed by atoms with Crippen LogP contribution in [0.5, 0.6) is 0 Å². The molecule has 0 aliphatic carbocycles. The Hall–Kier alpha value is 0.210. The monoisotopic (exact) mass is 203 g/mol. The van der Waals surface area contributed by atoms with Gasteiger partial charge in [0.15, 0.2) is 0 Å². The molecule has 76 valence electrons. The number of rotatable bonds is 3. The SMILES string of the molecule is CN1C2CCC1CC(OCCCl)C2. The number of piperidine rings is 1. The summed E-state index contributed by atoms with van der Waals surface area (Å²) in [6.45, 7) is 0.718. The average Bonchev–Trinajstić information content (AvgIpc) is 2.41. The quantitative estimate of drug-likeness (QED) is 0.650. The van der Waals surface area contributed by atoms with Gasteiger partial charge in [-0.05, 0) is 32.7 Å². The zero-order valence-electron chi connectivity index (χ0n) is 8.21. The Morgan fingerprint density at radius 2 is 1.92 bits per heavy atom. The van der Waals surface area contributed by atoms with Crippen molar-refractivity contribution in [3.63, 3.8) is 0 Å². The molecule has 0 N–H and O–H groups in total. The molecular formula is C10H18ClNO. The first kappa shape index (κ1) is 9.75. The van der Waals surface area contributed by atoms with Crippen molar-refractivity contribution in [2.24, 2.45) is 0 Å². The summed E-state index contributed by atoms with van der Waals surface area (Å²) >= 11 is 5.60. The maximum atomic E-state index is 5.70. The van der Waals surface area contributed by atoms with Crippen LogP contribution in [0.15, 0.2) is 0 Å². The van der Waals surface area contributed by atoms with E-state index in [1.165, 1.54) is 25.7 Å². The van der Waals surface area contributed by atoms with Crippen molar-refractivity contribution >= 4 is 11.6 Å². The van der Waals surface area contributed by atoms with Crippen molar-refractivity contribution in [3.05, 3.63) is 0 Å². The number of nitrogens with zero attached hydrogens (tertiary/aromatic N) is 1. The molecule has 0 saturated carbocycles. The predicted octanol–water partition coefficient (Wildman–Crippen LogP) is 1.87. The molecule has 2 aliphatic heterocycles. The molecule has 2 nitrogen and oxygen atoms in total. The minimum Gasteiger partial charge on any atom is -0.377 e. The molecule has 0 aromatic heterocycles. The van der Waals surface area contributed by atoms with Crippen LogP contribution in [0.1, 0.15) is 25.7 Å². The lowest BCUT2D eigenvalue weighted by atomic mass is 10.0. The van der Waals surface area contributed by atoms with Crippen molar-refractivity contribution in [2.75, 3.05) is 19.5 Å². The number of halogens is 1. The van der Waals surface area contributed by atoms with E-state index < -0.39 is 0 Å². The topological polar surface area (TPSA) is 12.5 Å². The molecular weight excluding hydrogens is 186 g/mol.